The van der Waals surface area contributed by atoms with E-state index >= 15 is 0 Å². The standard InChI is InChI=1S/C85H92BN3O/c1-77(2,3)52-23-27-55(28-24-52)88-70-45-65-64(83(15)34-35-84(65,16)49-83)44-67(70)86-74-71(40-56(41-72(74)88)89-68-38-53(78(4,5)6)25-29-57(68)58-30-26-54(39-69(58)89)79(7,8)9)87(75-60-43-63-66(46-73(60)90-76(75)86)85(17)36-33-82(63,14)48-85)47-51-37-61-62(81(12,13)32-31-80(61,10)11)42-59(51)50-21-19-18-20-22-50/h18-30,37-46H,31-36,47-49H2,1-17H3. The van der Waals surface area contributed by atoms with Gasteiger partial charge < -0.3 is 18.8 Å². The Hall–Kier alpha value is -7.24. The first-order chi connectivity index (χ1) is 42.3. The number of fused-ring (bicyclic) bond motifs is 20. The fraction of sp³-hybridized carbons (Fsp3) is 0.412. The first-order valence-electron chi connectivity index (χ1n) is 34.3. The summed E-state index contributed by atoms with van der Waals surface area (Å²) in [5.41, 5.74) is 32.2. The quantitative estimate of drug-likeness (QED) is 0.161. The number of nitrogens with zero attached hydrogens (tertiary/aromatic N) is 3. The molecule has 8 aromatic carbocycles. The molecule has 4 atom stereocenters. The number of rotatable bonds is 5. The predicted octanol–water partition coefficient (Wildman–Crippen LogP) is 20.8. The summed E-state index contributed by atoms with van der Waals surface area (Å²) in [6, 6.07) is 56.9. The van der Waals surface area contributed by atoms with Crippen LogP contribution in [0.2, 0.25) is 0 Å². The highest BCUT2D eigenvalue weighted by molar-refractivity contribution is 7.00. The van der Waals surface area contributed by atoms with Gasteiger partial charge in [0.05, 0.1) is 28.1 Å². The summed E-state index contributed by atoms with van der Waals surface area (Å²) < 4.78 is 10.7. The van der Waals surface area contributed by atoms with Gasteiger partial charge in [0.25, 0.3) is 6.71 Å². The van der Waals surface area contributed by atoms with Crippen LogP contribution in [0.1, 0.15) is 225 Å². The highest BCUT2D eigenvalue weighted by atomic mass is 16.3. The Morgan fingerprint density at radius 3 is 1.52 bits per heavy atom. The summed E-state index contributed by atoms with van der Waals surface area (Å²) in [4.78, 5) is 5.52. The van der Waals surface area contributed by atoms with Gasteiger partial charge in [0.15, 0.2) is 0 Å². The summed E-state index contributed by atoms with van der Waals surface area (Å²) in [5.74, 6) is 0. The summed E-state index contributed by atoms with van der Waals surface area (Å²) in [6.07, 6.45) is 9.59. The van der Waals surface area contributed by atoms with Crippen molar-refractivity contribution < 1.29 is 4.42 Å². The van der Waals surface area contributed by atoms with E-state index in [1.807, 2.05) is 0 Å². The Labute approximate surface area is 536 Å². The zero-order valence-electron chi connectivity index (χ0n) is 57.0. The zero-order chi connectivity index (χ0) is 62.7. The maximum atomic E-state index is 8.00. The van der Waals surface area contributed by atoms with Gasteiger partial charge in [-0.2, -0.15) is 0 Å². The van der Waals surface area contributed by atoms with Crippen LogP contribution in [0.25, 0.3) is 49.6 Å². The third-order valence-corrected chi connectivity index (χ3v) is 24.9. The third-order valence-electron chi connectivity index (χ3n) is 24.9. The van der Waals surface area contributed by atoms with Crippen LogP contribution in [-0.4, -0.2) is 11.3 Å². The van der Waals surface area contributed by atoms with Crippen molar-refractivity contribution >= 4 is 84.5 Å². The highest BCUT2D eigenvalue weighted by Crippen LogP contribution is 2.64. The molecule has 2 aromatic heterocycles. The van der Waals surface area contributed by atoms with Crippen molar-refractivity contribution in [3.63, 3.8) is 0 Å². The average molecular weight is 1180 g/mol. The molecular weight excluding hydrogens is 1090 g/mol. The second-order valence-corrected chi connectivity index (χ2v) is 35.3. The van der Waals surface area contributed by atoms with Crippen LogP contribution in [0, 0.1) is 0 Å². The molecule has 2 fully saturated rings. The Morgan fingerprint density at radius 1 is 0.444 bits per heavy atom. The molecule has 5 heteroatoms. The molecule has 4 heterocycles. The third kappa shape index (κ3) is 7.86. The van der Waals surface area contributed by atoms with E-state index in [4.69, 9.17) is 4.42 Å². The van der Waals surface area contributed by atoms with Gasteiger partial charge >= 0.3 is 0 Å². The average Bonchev–Trinajstić information content (AvgIpc) is 1.38. The van der Waals surface area contributed by atoms with Gasteiger partial charge in [-0.15, -0.1) is 0 Å². The van der Waals surface area contributed by atoms with E-state index in [0.717, 1.165) is 24.1 Å². The minimum absolute atomic E-state index is 0.00598. The smallest absolute Gasteiger partial charge is 0.297 e. The van der Waals surface area contributed by atoms with E-state index in [-0.39, 0.29) is 55.4 Å². The molecule has 4 nitrogen and oxygen atoms in total. The van der Waals surface area contributed by atoms with Crippen LogP contribution in [0.15, 0.2) is 144 Å². The molecule has 456 valence electrons. The molecule has 0 N–H and O–H groups in total. The minimum Gasteiger partial charge on any atom is -0.468 e. The van der Waals surface area contributed by atoms with Crippen molar-refractivity contribution in [3.05, 3.63) is 195 Å². The molecule has 2 saturated carbocycles. The van der Waals surface area contributed by atoms with E-state index in [0.29, 0.717) is 6.54 Å². The molecular formula is C85H92BN3O. The van der Waals surface area contributed by atoms with Crippen molar-refractivity contribution in [1.82, 2.24) is 4.57 Å². The fourth-order valence-electron chi connectivity index (χ4n) is 19.5. The Balaban J connectivity index is 1.04. The normalized spacial score (nSPS) is 24.0. The lowest BCUT2D eigenvalue weighted by Crippen LogP contribution is -2.61. The molecule has 0 radical (unpaired) electrons. The van der Waals surface area contributed by atoms with Gasteiger partial charge in [-0.05, 0) is 238 Å². The number of benzene rings is 8. The van der Waals surface area contributed by atoms with Gasteiger partial charge in [0.2, 0.25) is 0 Å². The fourth-order valence-corrected chi connectivity index (χ4v) is 19.5. The van der Waals surface area contributed by atoms with Gasteiger partial charge in [-0.25, -0.2) is 0 Å². The van der Waals surface area contributed by atoms with Crippen LogP contribution < -0.4 is 26.4 Å². The Bertz CT molecular complexity index is 4710. The van der Waals surface area contributed by atoms with Gasteiger partial charge in [0, 0.05) is 45.5 Å². The van der Waals surface area contributed by atoms with E-state index < -0.39 is 0 Å². The number of hydrogen-bond acceptors (Lipinski definition) is 3. The van der Waals surface area contributed by atoms with Crippen molar-refractivity contribution in [2.75, 3.05) is 9.80 Å². The first kappa shape index (κ1) is 56.7. The van der Waals surface area contributed by atoms with Crippen LogP contribution in [-0.2, 0) is 55.3 Å². The number of aromatic nitrogens is 1. The van der Waals surface area contributed by atoms with Gasteiger partial charge in [-0.3, -0.25) is 0 Å². The lowest BCUT2D eigenvalue weighted by molar-refractivity contribution is 0.331. The molecule has 4 bridgehead atoms. The maximum absolute atomic E-state index is 8.00. The molecule has 17 rings (SSSR count). The molecule has 10 aromatic rings. The van der Waals surface area contributed by atoms with Gasteiger partial charge in [-0.1, -0.05) is 197 Å². The second kappa shape index (κ2) is 17.9. The van der Waals surface area contributed by atoms with Crippen LogP contribution in [0.4, 0.5) is 28.4 Å². The summed E-state index contributed by atoms with van der Waals surface area (Å²) in [6.45, 7) is 41.9. The lowest BCUT2D eigenvalue weighted by atomic mass is 9.35. The van der Waals surface area contributed by atoms with Gasteiger partial charge in [0.1, 0.15) is 5.58 Å². The molecule has 2 aliphatic heterocycles. The van der Waals surface area contributed by atoms with Crippen molar-refractivity contribution in [1.29, 1.82) is 0 Å². The topological polar surface area (TPSA) is 24.6 Å². The Kier molecular flexibility index (Phi) is 11.3. The summed E-state index contributed by atoms with van der Waals surface area (Å²) >= 11 is 0. The largest absolute Gasteiger partial charge is 0.468 e. The Morgan fingerprint density at radius 2 is 0.956 bits per heavy atom. The molecule has 90 heavy (non-hydrogen) atoms. The summed E-state index contributed by atoms with van der Waals surface area (Å²) in [5, 5.41) is 3.82. The van der Waals surface area contributed by atoms with Crippen LogP contribution in [0.5, 0.6) is 0 Å². The molecule has 0 spiro atoms. The lowest BCUT2D eigenvalue weighted by Gasteiger charge is -2.45. The van der Waals surface area contributed by atoms with Crippen molar-refractivity contribution in [2.45, 2.75) is 224 Å². The summed E-state index contributed by atoms with van der Waals surface area (Å²) in [7, 11) is 0. The minimum atomic E-state index is -0.170. The molecule has 4 unspecified atom stereocenters. The zero-order valence-corrected chi connectivity index (χ0v) is 57.0. The molecule has 0 saturated heterocycles. The first-order valence-corrected chi connectivity index (χ1v) is 34.3. The molecule has 5 aliphatic carbocycles. The number of hydrogen-bond donors (Lipinski definition) is 0. The van der Waals surface area contributed by atoms with E-state index in [1.165, 1.54) is 166 Å². The maximum Gasteiger partial charge on any atom is 0.297 e. The van der Waals surface area contributed by atoms with Crippen LogP contribution in [0.3, 0.4) is 0 Å². The van der Waals surface area contributed by atoms with E-state index in [2.05, 4.69) is 272 Å². The van der Waals surface area contributed by atoms with Crippen molar-refractivity contribution in [2.24, 2.45) is 0 Å². The number of furan rings is 1. The number of anilines is 5. The highest BCUT2D eigenvalue weighted by Gasteiger charge is 2.57. The van der Waals surface area contributed by atoms with E-state index in [9.17, 15) is 0 Å². The predicted molar refractivity (Wildman–Crippen MR) is 383 cm³/mol. The molecule has 0 amide bonds. The SMILES string of the molecule is CC(C)(C)c1ccc(N2c3cc4c(cc3B3c5oc6cc7c(cc6c5N(Cc5cc6c(cc5-c5ccccc5)C(C)(C)CCC6(C)C)c5cc(-n6c8cc(C(C)(C)C)ccc8c8ccc(C(C)(C)C)cc86)cc2c53)C2(C)CCC7(C)C2)C2(C)CCC4(C)C2)cc1. The van der Waals surface area contributed by atoms with Crippen molar-refractivity contribution in [3.8, 4) is 16.8 Å². The van der Waals surface area contributed by atoms with E-state index in [1.54, 1.807) is 11.1 Å². The van der Waals surface area contributed by atoms with Crippen LogP contribution >= 0.6 is 0 Å². The molecule has 7 aliphatic rings. The monoisotopic (exact) mass is 1180 g/mol. The second-order valence-electron chi connectivity index (χ2n) is 35.3.